The summed E-state index contributed by atoms with van der Waals surface area (Å²) in [5, 5.41) is 14.9. The third kappa shape index (κ3) is 7.59. The van der Waals surface area contributed by atoms with Crippen LogP contribution < -0.4 is 26.8 Å². The number of aromatic nitrogens is 4. The fourth-order valence-corrected chi connectivity index (χ4v) is 4.27. The number of nitrogens with zero attached hydrogens (tertiary/aromatic N) is 5. The highest BCUT2D eigenvalue weighted by molar-refractivity contribution is 5.99. The first-order valence-electron chi connectivity index (χ1n) is 12.9. The number of hydrogen-bond donors (Lipinski definition) is 5. The molecule has 43 heavy (non-hydrogen) atoms. The van der Waals surface area contributed by atoms with Gasteiger partial charge in [0, 0.05) is 43.9 Å². The number of carbonyl (C=O) groups excluding carboxylic acids is 3. The fourth-order valence-electron chi connectivity index (χ4n) is 4.27. The van der Waals surface area contributed by atoms with Crippen molar-refractivity contribution < 1.29 is 37.5 Å². The van der Waals surface area contributed by atoms with Gasteiger partial charge in [0.2, 0.25) is 11.9 Å². The Morgan fingerprint density at radius 2 is 1.79 bits per heavy atom. The second kappa shape index (κ2) is 12.8. The third-order valence-corrected chi connectivity index (χ3v) is 6.46. The first-order chi connectivity index (χ1) is 20.3. The first kappa shape index (κ1) is 30.8. The molecule has 3 heterocycles. The number of aliphatic carboxylic acids is 1. The Morgan fingerprint density at radius 3 is 2.42 bits per heavy atom. The summed E-state index contributed by atoms with van der Waals surface area (Å²) in [5.74, 6) is -4.96. The van der Waals surface area contributed by atoms with Crippen LogP contribution in [-0.4, -0.2) is 92.0 Å². The molecule has 1 saturated heterocycles. The van der Waals surface area contributed by atoms with E-state index in [2.05, 4.69) is 30.6 Å². The molecule has 3 amide bonds. The van der Waals surface area contributed by atoms with Crippen LogP contribution in [0.3, 0.4) is 0 Å². The van der Waals surface area contributed by atoms with E-state index in [0.29, 0.717) is 31.1 Å². The van der Waals surface area contributed by atoms with Gasteiger partial charge in [-0.25, -0.2) is 14.8 Å². The number of nitrogens with two attached hydrogens (primary N) is 1. The van der Waals surface area contributed by atoms with Gasteiger partial charge in [-0.3, -0.25) is 29.1 Å². The van der Waals surface area contributed by atoms with Crippen LogP contribution in [0, 0.1) is 0 Å². The van der Waals surface area contributed by atoms with Crippen LogP contribution in [0.4, 0.5) is 24.8 Å². The zero-order chi connectivity index (χ0) is 31.3. The zero-order valence-electron chi connectivity index (χ0n) is 22.3. The number of fused-ring (bicyclic) bond motifs is 1. The maximum Gasteiger partial charge on any atom is 0.471 e. The second-order valence-electron chi connectivity index (χ2n) is 9.45. The van der Waals surface area contributed by atoms with Crippen LogP contribution in [0.1, 0.15) is 28.9 Å². The molecule has 0 radical (unpaired) electrons. The molecule has 0 unspecified atom stereocenters. The van der Waals surface area contributed by atoms with Crippen molar-refractivity contribution in [2.45, 2.75) is 31.6 Å². The van der Waals surface area contributed by atoms with E-state index < -0.39 is 42.1 Å². The fraction of sp³-hybridized carbons (Fsp3) is 0.360. The van der Waals surface area contributed by atoms with Crippen molar-refractivity contribution >= 4 is 46.5 Å². The number of nitrogen functional groups attached to an aromatic ring is 1. The minimum Gasteiger partial charge on any atom is -0.480 e. The number of carboxylic acid groups (broad SMARTS) is 1. The van der Waals surface area contributed by atoms with Crippen LogP contribution >= 0.6 is 0 Å². The molecular weight excluding hydrogens is 579 g/mol. The number of carboxylic acids is 1. The van der Waals surface area contributed by atoms with Crippen molar-refractivity contribution in [1.29, 1.82) is 0 Å². The van der Waals surface area contributed by atoms with Crippen molar-refractivity contribution in [2.75, 3.05) is 36.8 Å². The Morgan fingerprint density at radius 1 is 1.12 bits per heavy atom. The number of anilines is 2. The van der Waals surface area contributed by atoms with Gasteiger partial charge in [-0.1, -0.05) is 0 Å². The molecular formula is C25H26F3N9O6. The predicted octanol–water partition coefficient (Wildman–Crippen LogP) is -0.214. The van der Waals surface area contributed by atoms with Crippen LogP contribution in [0.25, 0.3) is 11.2 Å². The van der Waals surface area contributed by atoms with E-state index in [9.17, 15) is 42.3 Å². The lowest BCUT2D eigenvalue weighted by atomic mass is 10.1. The van der Waals surface area contributed by atoms with Crippen molar-refractivity contribution in [1.82, 2.24) is 35.5 Å². The molecule has 2 aromatic heterocycles. The molecule has 1 aromatic carbocycles. The normalized spacial score (nSPS) is 14.3. The number of hydrogen-bond acceptors (Lipinski definition) is 10. The van der Waals surface area contributed by atoms with Gasteiger partial charge < -0.3 is 26.4 Å². The van der Waals surface area contributed by atoms with Gasteiger partial charge in [0.25, 0.3) is 11.5 Å². The van der Waals surface area contributed by atoms with Gasteiger partial charge in [0.1, 0.15) is 6.04 Å². The summed E-state index contributed by atoms with van der Waals surface area (Å²) in [6, 6.07) is 2.93. The van der Waals surface area contributed by atoms with E-state index in [1.165, 1.54) is 0 Å². The Hall–Kier alpha value is -5.13. The Labute approximate surface area is 240 Å². The SMILES string of the molecule is Nc1nc2ncc(CN(C(=O)C(F)(F)F)c3ccc(C(=O)N[C@@H](CCC(=O)N4CCNCC4)C(=O)O)cc3)nc2c(=O)[nH]1. The lowest BCUT2D eigenvalue weighted by Crippen LogP contribution is -2.47. The third-order valence-electron chi connectivity index (χ3n) is 6.46. The van der Waals surface area contributed by atoms with Crippen molar-refractivity contribution in [3.05, 3.63) is 52.1 Å². The van der Waals surface area contributed by atoms with E-state index in [-0.39, 0.29) is 52.8 Å². The maximum absolute atomic E-state index is 13.5. The minimum absolute atomic E-state index is 0.108. The zero-order valence-corrected chi connectivity index (χ0v) is 22.3. The van der Waals surface area contributed by atoms with Crippen LogP contribution in [-0.2, 0) is 20.9 Å². The van der Waals surface area contributed by atoms with Crippen molar-refractivity contribution in [2.24, 2.45) is 0 Å². The number of rotatable bonds is 9. The summed E-state index contributed by atoms with van der Waals surface area (Å²) in [6.07, 6.45) is -4.54. The highest BCUT2D eigenvalue weighted by Gasteiger charge is 2.43. The maximum atomic E-state index is 13.5. The van der Waals surface area contributed by atoms with Crippen LogP contribution in [0.2, 0.25) is 0 Å². The number of amides is 3. The number of benzene rings is 1. The molecule has 0 bridgehead atoms. The summed E-state index contributed by atoms with van der Waals surface area (Å²) in [4.78, 5) is 77.0. The monoisotopic (exact) mass is 605 g/mol. The predicted molar refractivity (Wildman–Crippen MR) is 144 cm³/mol. The van der Waals surface area contributed by atoms with E-state index in [1.807, 2.05) is 0 Å². The van der Waals surface area contributed by atoms with Gasteiger partial charge in [0.05, 0.1) is 18.4 Å². The average Bonchev–Trinajstić information content (AvgIpc) is 2.97. The van der Waals surface area contributed by atoms with E-state index in [0.717, 1.165) is 30.5 Å². The lowest BCUT2D eigenvalue weighted by Gasteiger charge is -2.28. The highest BCUT2D eigenvalue weighted by Crippen LogP contribution is 2.26. The topological polar surface area (TPSA) is 217 Å². The molecule has 6 N–H and O–H groups in total. The number of H-pyrrole nitrogens is 1. The average molecular weight is 606 g/mol. The largest absolute Gasteiger partial charge is 0.480 e. The molecule has 0 aliphatic carbocycles. The molecule has 0 saturated carbocycles. The number of nitrogens with one attached hydrogen (secondary N) is 3. The van der Waals surface area contributed by atoms with Crippen molar-refractivity contribution in [3.8, 4) is 0 Å². The van der Waals surface area contributed by atoms with Gasteiger partial charge in [-0.05, 0) is 30.7 Å². The van der Waals surface area contributed by atoms with Gasteiger partial charge in [0.15, 0.2) is 11.2 Å². The van der Waals surface area contributed by atoms with Gasteiger partial charge in [-0.2, -0.15) is 18.2 Å². The Kier molecular flexibility index (Phi) is 9.18. The summed E-state index contributed by atoms with van der Waals surface area (Å²) in [6.45, 7) is 1.46. The molecule has 1 aliphatic rings. The number of carbonyl (C=O) groups is 4. The quantitative estimate of drug-likeness (QED) is 0.215. The molecule has 1 aliphatic heterocycles. The Bertz CT molecular complexity index is 1590. The molecule has 4 rings (SSSR count). The van der Waals surface area contributed by atoms with E-state index >= 15 is 0 Å². The molecule has 228 valence electrons. The smallest absolute Gasteiger partial charge is 0.471 e. The van der Waals surface area contributed by atoms with E-state index in [1.54, 1.807) is 4.90 Å². The number of aromatic amines is 1. The second-order valence-corrected chi connectivity index (χ2v) is 9.45. The molecule has 0 spiro atoms. The van der Waals surface area contributed by atoms with Gasteiger partial charge in [-0.15, -0.1) is 0 Å². The molecule has 18 heteroatoms. The Balaban J connectivity index is 1.49. The lowest BCUT2D eigenvalue weighted by molar-refractivity contribution is -0.170. The highest BCUT2D eigenvalue weighted by atomic mass is 19.4. The number of halogens is 3. The summed E-state index contributed by atoms with van der Waals surface area (Å²) in [7, 11) is 0. The molecule has 15 nitrogen and oxygen atoms in total. The van der Waals surface area contributed by atoms with Crippen LogP contribution in [0.5, 0.6) is 0 Å². The summed E-state index contributed by atoms with van der Waals surface area (Å²) in [5.41, 5.74) is 3.65. The van der Waals surface area contributed by atoms with E-state index in [4.69, 9.17) is 5.73 Å². The van der Waals surface area contributed by atoms with Gasteiger partial charge >= 0.3 is 18.1 Å². The minimum atomic E-state index is -5.29. The molecule has 1 fully saturated rings. The molecule has 3 aromatic rings. The first-order valence-corrected chi connectivity index (χ1v) is 12.9. The number of piperazine rings is 1. The number of alkyl halides is 3. The summed E-state index contributed by atoms with van der Waals surface area (Å²) < 4.78 is 40.4. The van der Waals surface area contributed by atoms with Crippen LogP contribution in [0.15, 0.2) is 35.3 Å². The molecule has 1 atom stereocenters. The van der Waals surface area contributed by atoms with Crippen molar-refractivity contribution in [3.63, 3.8) is 0 Å². The summed E-state index contributed by atoms with van der Waals surface area (Å²) >= 11 is 0. The standard InChI is InChI=1S/C25H26F3N9O6/c26-25(27,28)23(43)37(12-14-11-31-19-18(32-14)21(40)35-24(29)34-19)15-3-1-13(2-4-15)20(39)33-16(22(41)42)5-6-17(38)36-9-7-30-8-10-36/h1-4,11,16,30H,5-10,12H2,(H,33,39)(H,41,42)(H3,29,31,34,35,40)/t16-/m0/s1.